The van der Waals surface area contributed by atoms with Gasteiger partial charge in [0.1, 0.15) is 5.69 Å². The minimum Gasteiger partial charge on any atom is -0.477 e. The van der Waals surface area contributed by atoms with Crippen molar-refractivity contribution in [3.8, 4) is 0 Å². The van der Waals surface area contributed by atoms with E-state index in [1.54, 1.807) is 11.9 Å². The molecule has 5 nitrogen and oxygen atoms in total. The maximum Gasteiger partial charge on any atom is 0.354 e. The van der Waals surface area contributed by atoms with Crippen molar-refractivity contribution in [3.63, 3.8) is 0 Å². The van der Waals surface area contributed by atoms with Gasteiger partial charge in [-0.1, -0.05) is 13.3 Å². The molecule has 1 N–H and O–H groups in total. The number of aromatic nitrogens is 1. The molecule has 0 aliphatic heterocycles. The molecule has 0 aliphatic carbocycles. The number of carbonyl (C=O) groups is 2. The first-order chi connectivity index (χ1) is 8.06. The Morgan fingerprint density at radius 2 is 2.12 bits per heavy atom. The van der Waals surface area contributed by atoms with E-state index in [1.165, 1.54) is 18.3 Å². The number of hydrogen-bond acceptors (Lipinski definition) is 3. The molecule has 0 spiro atoms. The standard InChI is InChI=1S/C12H16N2O3/c1-3-4-7-14(2)11(15)9-5-6-10(12(16)17)13-8-9/h5-6,8H,3-4,7H2,1-2H3,(H,16,17). The van der Waals surface area contributed by atoms with E-state index in [4.69, 9.17) is 5.11 Å². The molecular weight excluding hydrogens is 220 g/mol. The zero-order chi connectivity index (χ0) is 12.8. The van der Waals surface area contributed by atoms with Gasteiger partial charge in [0.15, 0.2) is 0 Å². The van der Waals surface area contributed by atoms with Gasteiger partial charge in [-0.3, -0.25) is 4.79 Å². The third kappa shape index (κ3) is 3.55. The number of rotatable bonds is 5. The fraction of sp³-hybridized carbons (Fsp3) is 0.417. The molecule has 0 fully saturated rings. The Morgan fingerprint density at radius 1 is 1.41 bits per heavy atom. The third-order valence-electron chi connectivity index (χ3n) is 2.42. The first-order valence-electron chi connectivity index (χ1n) is 5.51. The summed E-state index contributed by atoms with van der Waals surface area (Å²) in [7, 11) is 1.73. The average Bonchev–Trinajstić information content (AvgIpc) is 2.35. The van der Waals surface area contributed by atoms with Crippen molar-refractivity contribution in [2.45, 2.75) is 19.8 Å². The van der Waals surface area contributed by atoms with Crippen LogP contribution in [0.3, 0.4) is 0 Å². The van der Waals surface area contributed by atoms with E-state index in [0.29, 0.717) is 12.1 Å². The van der Waals surface area contributed by atoms with Crippen molar-refractivity contribution >= 4 is 11.9 Å². The summed E-state index contributed by atoms with van der Waals surface area (Å²) in [5, 5.41) is 8.68. The molecule has 1 rings (SSSR count). The van der Waals surface area contributed by atoms with Crippen LogP contribution < -0.4 is 0 Å². The average molecular weight is 236 g/mol. The van der Waals surface area contributed by atoms with Crippen molar-refractivity contribution in [2.24, 2.45) is 0 Å². The summed E-state index contributed by atoms with van der Waals surface area (Å²) >= 11 is 0. The molecular formula is C12H16N2O3. The second kappa shape index (κ2) is 5.98. The molecule has 0 atom stereocenters. The zero-order valence-electron chi connectivity index (χ0n) is 10.0. The molecule has 0 aliphatic rings. The highest BCUT2D eigenvalue weighted by Gasteiger charge is 2.12. The third-order valence-corrected chi connectivity index (χ3v) is 2.42. The van der Waals surface area contributed by atoms with Crippen LogP contribution in [0.2, 0.25) is 0 Å². The maximum absolute atomic E-state index is 11.9. The Hall–Kier alpha value is -1.91. The highest BCUT2D eigenvalue weighted by molar-refractivity contribution is 5.94. The van der Waals surface area contributed by atoms with E-state index < -0.39 is 5.97 Å². The van der Waals surface area contributed by atoms with Gasteiger partial charge in [-0.2, -0.15) is 0 Å². The van der Waals surface area contributed by atoms with Gasteiger partial charge >= 0.3 is 5.97 Å². The summed E-state index contributed by atoms with van der Waals surface area (Å²) in [6, 6.07) is 2.82. The highest BCUT2D eigenvalue weighted by atomic mass is 16.4. The molecule has 1 amide bonds. The minimum absolute atomic E-state index is 0.0576. The van der Waals surface area contributed by atoms with Crippen molar-refractivity contribution < 1.29 is 14.7 Å². The van der Waals surface area contributed by atoms with Gasteiger partial charge in [-0.05, 0) is 18.6 Å². The topological polar surface area (TPSA) is 70.5 Å². The second-order valence-electron chi connectivity index (χ2n) is 3.82. The summed E-state index contributed by atoms with van der Waals surface area (Å²) in [5.74, 6) is -1.23. The largest absolute Gasteiger partial charge is 0.477 e. The summed E-state index contributed by atoms with van der Waals surface area (Å²) in [6.07, 6.45) is 3.27. The number of carboxylic acid groups (broad SMARTS) is 1. The SMILES string of the molecule is CCCCN(C)C(=O)c1ccc(C(=O)O)nc1. The first kappa shape index (κ1) is 13.2. The van der Waals surface area contributed by atoms with E-state index in [9.17, 15) is 9.59 Å². The van der Waals surface area contributed by atoms with Gasteiger partial charge in [0.2, 0.25) is 0 Å². The number of aromatic carboxylic acids is 1. The van der Waals surface area contributed by atoms with E-state index in [-0.39, 0.29) is 11.6 Å². The first-order valence-corrected chi connectivity index (χ1v) is 5.51. The van der Waals surface area contributed by atoms with Crippen LogP contribution in [0.25, 0.3) is 0 Å². The monoisotopic (exact) mass is 236 g/mol. The number of carbonyl (C=O) groups excluding carboxylic acids is 1. The Kier molecular flexibility index (Phi) is 4.63. The van der Waals surface area contributed by atoms with Crippen LogP contribution >= 0.6 is 0 Å². The zero-order valence-corrected chi connectivity index (χ0v) is 10.0. The van der Waals surface area contributed by atoms with Gasteiger partial charge in [0, 0.05) is 19.8 Å². The molecule has 1 aromatic rings. The van der Waals surface area contributed by atoms with Gasteiger partial charge in [0.05, 0.1) is 5.56 Å². The molecule has 5 heteroatoms. The number of amides is 1. The van der Waals surface area contributed by atoms with Crippen molar-refractivity contribution in [3.05, 3.63) is 29.6 Å². The molecule has 0 saturated carbocycles. The van der Waals surface area contributed by atoms with E-state index in [1.807, 2.05) is 0 Å². The molecule has 0 aromatic carbocycles. The van der Waals surface area contributed by atoms with Gasteiger partial charge in [-0.25, -0.2) is 9.78 Å². The van der Waals surface area contributed by atoms with Gasteiger partial charge in [0.25, 0.3) is 5.91 Å². The Labute approximate surface area is 100 Å². The highest BCUT2D eigenvalue weighted by Crippen LogP contribution is 2.05. The Morgan fingerprint density at radius 3 is 2.59 bits per heavy atom. The predicted molar refractivity (Wildman–Crippen MR) is 63.1 cm³/mol. The van der Waals surface area contributed by atoms with E-state index in [0.717, 1.165) is 12.8 Å². The predicted octanol–water partition coefficient (Wildman–Crippen LogP) is 1.65. The number of unbranched alkanes of at least 4 members (excludes halogenated alkanes) is 1. The normalized spacial score (nSPS) is 10.0. The molecule has 1 heterocycles. The molecule has 92 valence electrons. The van der Waals surface area contributed by atoms with Crippen LogP contribution in [0.1, 0.15) is 40.6 Å². The summed E-state index contributed by atoms with van der Waals surface area (Å²) in [4.78, 5) is 27.8. The fourth-order valence-electron chi connectivity index (χ4n) is 1.36. The lowest BCUT2D eigenvalue weighted by atomic mass is 10.2. The number of pyridine rings is 1. The van der Waals surface area contributed by atoms with Crippen LogP contribution in [0.4, 0.5) is 0 Å². The summed E-state index contributed by atoms with van der Waals surface area (Å²) < 4.78 is 0. The van der Waals surface area contributed by atoms with Gasteiger partial charge < -0.3 is 10.0 Å². The lowest BCUT2D eigenvalue weighted by Crippen LogP contribution is -2.27. The van der Waals surface area contributed by atoms with Gasteiger partial charge in [-0.15, -0.1) is 0 Å². The summed E-state index contributed by atoms with van der Waals surface area (Å²) in [5.41, 5.74) is 0.353. The number of carboxylic acids is 1. The molecule has 0 radical (unpaired) electrons. The Bertz CT molecular complexity index is 401. The second-order valence-corrected chi connectivity index (χ2v) is 3.82. The van der Waals surface area contributed by atoms with Crippen LogP contribution in [-0.2, 0) is 0 Å². The smallest absolute Gasteiger partial charge is 0.354 e. The Balaban J connectivity index is 2.72. The quantitative estimate of drug-likeness (QED) is 0.843. The molecule has 0 saturated heterocycles. The molecule has 0 unspecified atom stereocenters. The van der Waals surface area contributed by atoms with Crippen molar-refractivity contribution in [2.75, 3.05) is 13.6 Å². The van der Waals surface area contributed by atoms with E-state index in [2.05, 4.69) is 11.9 Å². The molecule has 1 aromatic heterocycles. The molecule has 0 bridgehead atoms. The van der Waals surface area contributed by atoms with Crippen molar-refractivity contribution in [1.82, 2.24) is 9.88 Å². The van der Waals surface area contributed by atoms with Crippen LogP contribution in [0, 0.1) is 0 Å². The summed E-state index contributed by atoms with van der Waals surface area (Å²) in [6.45, 7) is 2.75. The molecule has 17 heavy (non-hydrogen) atoms. The van der Waals surface area contributed by atoms with Crippen LogP contribution in [-0.4, -0.2) is 40.5 Å². The number of hydrogen-bond donors (Lipinski definition) is 1. The lowest BCUT2D eigenvalue weighted by Gasteiger charge is -2.16. The van der Waals surface area contributed by atoms with E-state index >= 15 is 0 Å². The maximum atomic E-state index is 11.9. The van der Waals surface area contributed by atoms with Crippen LogP contribution in [0.15, 0.2) is 18.3 Å². The lowest BCUT2D eigenvalue weighted by molar-refractivity contribution is 0.0688. The minimum atomic E-state index is -1.09. The van der Waals surface area contributed by atoms with Crippen molar-refractivity contribution in [1.29, 1.82) is 0 Å². The number of nitrogens with zero attached hydrogens (tertiary/aromatic N) is 2. The fourth-order valence-corrected chi connectivity index (χ4v) is 1.36. The van der Waals surface area contributed by atoms with Crippen LogP contribution in [0.5, 0.6) is 0 Å².